The summed E-state index contributed by atoms with van der Waals surface area (Å²) in [5.74, 6) is 1.05. The molecule has 1 saturated heterocycles. The van der Waals surface area contributed by atoms with Gasteiger partial charge < -0.3 is 9.84 Å². The van der Waals surface area contributed by atoms with Crippen molar-refractivity contribution in [1.82, 2.24) is 19.5 Å². The largest absolute Gasteiger partial charge is 0.394 e. The predicted molar refractivity (Wildman–Crippen MR) is 64.8 cm³/mol. The van der Waals surface area contributed by atoms with Crippen molar-refractivity contribution >= 4 is 11.2 Å². The first kappa shape index (κ1) is 11.6. The van der Waals surface area contributed by atoms with Crippen molar-refractivity contribution in [2.45, 2.75) is 32.6 Å². The Balaban J connectivity index is 1.98. The second-order valence-corrected chi connectivity index (χ2v) is 4.80. The smallest absolute Gasteiger partial charge is 0.165 e. The zero-order chi connectivity index (χ0) is 12.7. The van der Waals surface area contributed by atoms with Crippen LogP contribution in [0, 0.1) is 12.8 Å². The standard InChI is InChI=1S/C12H16N4O2/c1-7-3-11(18-10(7)5-17)16-6-14-9-4-13-8(2)15-12(9)16/h4,6-7,10-11,17H,3,5H2,1-2H3/t7?,10-,11+/m1/s1. The lowest BCUT2D eigenvalue weighted by Crippen LogP contribution is -2.18. The van der Waals surface area contributed by atoms with Gasteiger partial charge in [-0.15, -0.1) is 0 Å². The van der Waals surface area contributed by atoms with Gasteiger partial charge in [0, 0.05) is 0 Å². The third kappa shape index (κ3) is 1.77. The molecule has 1 aliphatic rings. The van der Waals surface area contributed by atoms with Gasteiger partial charge in [0.05, 0.1) is 25.2 Å². The normalized spacial score (nSPS) is 28.1. The van der Waals surface area contributed by atoms with Crippen LogP contribution in [-0.2, 0) is 4.74 Å². The number of aliphatic hydroxyl groups excluding tert-OH is 1. The molecule has 0 aliphatic carbocycles. The number of rotatable bonds is 2. The molecule has 18 heavy (non-hydrogen) atoms. The molecule has 1 aliphatic heterocycles. The maximum Gasteiger partial charge on any atom is 0.165 e. The molecule has 3 heterocycles. The van der Waals surface area contributed by atoms with Crippen LogP contribution in [0.1, 0.15) is 25.4 Å². The van der Waals surface area contributed by atoms with Gasteiger partial charge in [-0.1, -0.05) is 6.92 Å². The summed E-state index contributed by atoms with van der Waals surface area (Å²) in [7, 11) is 0. The van der Waals surface area contributed by atoms with Crippen LogP contribution < -0.4 is 0 Å². The maximum atomic E-state index is 9.23. The fourth-order valence-corrected chi connectivity index (χ4v) is 2.39. The number of hydrogen-bond acceptors (Lipinski definition) is 5. The van der Waals surface area contributed by atoms with Crippen molar-refractivity contribution in [2.24, 2.45) is 5.92 Å². The number of aromatic nitrogens is 4. The number of nitrogens with zero attached hydrogens (tertiary/aromatic N) is 4. The van der Waals surface area contributed by atoms with Crippen molar-refractivity contribution in [2.75, 3.05) is 6.61 Å². The first-order valence-electron chi connectivity index (χ1n) is 6.11. The highest BCUT2D eigenvalue weighted by atomic mass is 16.5. The number of imidazole rings is 1. The Morgan fingerprint density at radius 1 is 1.50 bits per heavy atom. The zero-order valence-corrected chi connectivity index (χ0v) is 10.4. The summed E-state index contributed by atoms with van der Waals surface area (Å²) < 4.78 is 7.75. The molecule has 2 aromatic rings. The molecule has 3 atom stereocenters. The van der Waals surface area contributed by atoms with Gasteiger partial charge in [0.1, 0.15) is 17.6 Å². The summed E-state index contributed by atoms with van der Waals surface area (Å²) in [6.45, 7) is 3.99. The van der Waals surface area contributed by atoms with Gasteiger partial charge in [0.2, 0.25) is 0 Å². The molecule has 6 nitrogen and oxygen atoms in total. The Bertz CT molecular complexity index is 568. The Hall–Kier alpha value is -1.53. The molecule has 1 fully saturated rings. The van der Waals surface area contributed by atoms with E-state index in [1.807, 2.05) is 11.5 Å². The average molecular weight is 248 g/mol. The Morgan fingerprint density at radius 2 is 2.33 bits per heavy atom. The maximum absolute atomic E-state index is 9.23. The van der Waals surface area contributed by atoms with Gasteiger partial charge in [-0.3, -0.25) is 4.57 Å². The molecule has 1 unspecified atom stereocenters. The summed E-state index contributed by atoms with van der Waals surface area (Å²) in [6.07, 6.45) is 4.11. The average Bonchev–Trinajstić information content (AvgIpc) is 2.91. The van der Waals surface area contributed by atoms with Crippen LogP contribution in [0.25, 0.3) is 11.2 Å². The van der Waals surface area contributed by atoms with E-state index in [0.29, 0.717) is 11.7 Å². The number of hydrogen-bond donors (Lipinski definition) is 1. The van der Waals surface area contributed by atoms with Crippen molar-refractivity contribution in [3.05, 3.63) is 18.3 Å². The zero-order valence-electron chi connectivity index (χ0n) is 10.4. The van der Waals surface area contributed by atoms with Gasteiger partial charge in [-0.25, -0.2) is 15.0 Å². The lowest BCUT2D eigenvalue weighted by atomic mass is 10.0. The molecule has 0 amide bonds. The van der Waals surface area contributed by atoms with Gasteiger partial charge in [-0.05, 0) is 19.3 Å². The summed E-state index contributed by atoms with van der Waals surface area (Å²) >= 11 is 0. The molecule has 0 radical (unpaired) electrons. The van der Waals surface area contributed by atoms with Crippen LogP contribution >= 0.6 is 0 Å². The number of ether oxygens (including phenoxy) is 1. The summed E-state index contributed by atoms with van der Waals surface area (Å²) in [5.41, 5.74) is 1.56. The molecule has 0 spiro atoms. The van der Waals surface area contributed by atoms with Crippen LogP contribution in [0.15, 0.2) is 12.5 Å². The van der Waals surface area contributed by atoms with Crippen LogP contribution in [-0.4, -0.2) is 37.3 Å². The lowest BCUT2D eigenvalue weighted by Gasteiger charge is -2.14. The number of aryl methyl sites for hydroxylation is 1. The molecule has 0 saturated carbocycles. The molecule has 6 heteroatoms. The van der Waals surface area contributed by atoms with Gasteiger partial charge in [-0.2, -0.15) is 0 Å². The first-order chi connectivity index (χ1) is 8.69. The quantitative estimate of drug-likeness (QED) is 0.860. The molecule has 96 valence electrons. The van der Waals surface area contributed by atoms with E-state index in [1.54, 1.807) is 12.5 Å². The van der Waals surface area contributed by atoms with E-state index in [-0.39, 0.29) is 18.9 Å². The highest BCUT2D eigenvalue weighted by molar-refractivity contribution is 5.69. The fourth-order valence-electron chi connectivity index (χ4n) is 2.39. The van der Waals surface area contributed by atoms with E-state index >= 15 is 0 Å². The van der Waals surface area contributed by atoms with E-state index in [4.69, 9.17) is 4.74 Å². The second-order valence-electron chi connectivity index (χ2n) is 4.80. The molecule has 0 aromatic carbocycles. The van der Waals surface area contributed by atoms with E-state index < -0.39 is 0 Å². The number of aliphatic hydroxyl groups is 1. The Morgan fingerprint density at radius 3 is 3.06 bits per heavy atom. The monoisotopic (exact) mass is 248 g/mol. The third-order valence-corrected chi connectivity index (χ3v) is 3.47. The predicted octanol–water partition coefficient (Wildman–Crippen LogP) is 1.05. The topological polar surface area (TPSA) is 73.1 Å². The summed E-state index contributed by atoms with van der Waals surface area (Å²) in [4.78, 5) is 12.8. The molecule has 3 rings (SSSR count). The minimum absolute atomic E-state index is 0.0539. The van der Waals surface area contributed by atoms with Crippen LogP contribution in [0.2, 0.25) is 0 Å². The number of fused-ring (bicyclic) bond motifs is 1. The fraction of sp³-hybridized carbons (Fsp3) is 0.583. The van der Waals surface area contributed by atoms with Gasteiger partial charge in [0.15, 0.2) is 5.65 Å². The van der Waals surface area contributed by atoms with Gasteiger partial charge >= 0.3 is 0 Å². The minimum atomic E-state index is -0.101. The second kappa shape index (κ2) is 4.29. The lowest BCUT2D eigenvalue weighted by molar-refractivity contribution is -0.0277. The van der Waals surface area contributed by atoms with E-state index in [0.717, 1.165) is 17.6 Å². The highest BCUT2D eigenvalue weighted by Crippen LogP contribution is 2.34. The summed E-state index contributed by atoms with van der Waals surface area (Å²) in [5, 5.41) is 9.23. The molecule has 1 N–H and O–H groups in total. The van der Waals surface area contributed by atoms with Crippen molar-refractivity contribution in [3.63, 3.8) is 0 Å². The summed E-state index contributed by atoms with van der Waals surface area (Å²) in [6, 6.07) is 0. The third-order valence-electron chi connectivity index (χ3n) is 3.47. The Kier molecular flexibility index (Phi) is 2.76. The van der Waals surface area contributed by atoms with E-state index in [2.05, 4.69) is 21.9 Å². The van der Waals surface area contributed by atoms with Crippen molar-refractivity contribution in [3.8, 4) is 0 Å². The highest BCUT2D eigenvalue weighted by Gasteiger charge is 2.33. The van der Waals surface area contributed by atoms with Crippen LogP contribution in [0.5, 0.6) is 0 Å². The SMILES string of the molecule is Cc1ncc2ncn([C@@H]3CC(C)[C@@H](CO)O3)c2n1. The molecule has 0 bridgehead atoms. The van der Waals surface area contributed by atoms with Crippen LogP contribution in [0.3, 0.4) is 0 Å². The molecular weight excluding hydrogens is 232 g/mol. The van der Waals surface area contributed by atoms with Crippen LogP contribution in [0.4, 0.5) is 0 Å². The van der Waals surface area contributed by atoms with Crippen molar-refractivity contribution < 1.29 is 9.84 Å². The Labute approximate surface area is 105 Å². The van der Waals surface area contributed by atoms with Crippen molar-refractivity contribution in [1.29, 1.82) is 0 Å². The minimum Gasteiger partial charge on any atom is -0.394 e. The molecule has 2 aromatic heterocycles. The van der Waals surface area contributed by atoms with E-state index in [9.17, 15) is 5.11 Å². The first-order valence-corrected chi connectivity index (χ1v) is 6.11. The van der Waals surface area contributed by atoms with E-state index in [1.165, 1.54) is 0 Å². The van der Waals surface area contributed by atoms with Gasteiger partial charge in [0.25, 0.3) is 0 Å². The molecular formula is C12H16N4O2.